The minimum absolute atomic E-state index is 0.00999. The van der Waals surface area contributed by atoms with Gasteiger partial charge in [0.2, 0.25) is 5.91 Å². The molecule has 1 aliphatic carbocycles. The maximum absolute atomic E-state index is 12.1. The Hall–Kier alpha value is -0.940. The first-order valence-electron chi connectivity index (χ1n) is 7.33. The third-order valence-electron chi connectivity index (χ3n) is 3.88. The van der Waals surface area contributed by atoms with Crippen molar-refractivity contribution >= 4 is 22.4 Å². The van der Waals surface area contributed by atoms with E-state index in [1.165, 1.54) is 17.8 Å². The molecule has 1 heterocycles. The van der Waals surface area contributed by atoms with Gasteiger partial charge in [-0.05, 0) is 12.8 Å². The predicted octanol–water partition coefficient (Wildman–Crippen LogP) is 3.43. The summed E-state index contributed by atoms with van der Waals surface area (Å²) in [5.41, 5.74) is 7.02. The lowest BCUT2D eigenvalue weighted by Crippen LogP contribution is -2.44. The fourth-order valence-corrected chi connectivity index (χ4v) is 3.54. The molecular weight excluding hydrogens is 270 g/mol. The topological polar surface area (TPSA) is 68.0 Å². The number of carbonyl (C=O) groups is 1. The van der Waals surface area contributed by atoms with Crippen LogP contribution in [0.15, 0.2) is 5.38 Å². The predicted molar refractivity (Wildman–Crippen MR) is 84.1 cm³/mol. The number of amides is 1. The van der Waals surface area contributed by atoms with Gasteiger partial charge in [-0.3, -0.25) is 4.79 Å². The van der Waals surface area contributed by atoms with Gasteiger partial charge in [0.25, 0.3) is 0 Å². The standard InChI is InChI=1S/C15H25N3OS/c1-14(2,3)11-10-20-13(17-11)18-12(19)9-15(16)7-5-4-6-8-15/h10H,4-9,16H2,1-3H3,(H,17,18,19). The van der Waals surface area contributed by atoms with Gasteiger partial charge in [0.15, 0.2) is 5.13 Å². The molecule has 0 unspecified atom stereocenters. The van der Waals surface area contributed by atoms with Crippen LogP contribution in [0.4, 0.5) is 5.13 Å². The van der Waals surface area contributed by atoms with Crippen LogP contribution in [0.1, 0.15) is 65.0 Å². The number of hydrogen-bond acceptors (Lipinski definition) is 4. The zero-order valence-corrected chi connectivity index (χ0v) is 13.5. The van der Waals surface area contributed by atoms with Crippen molar-refractivity contribution in [2.24, 2.45) is 5.73 Å². The fraction of sp³-hybridized carbons (Fsp3) is 0.733. The van der Waals surface area contributed by atoms with Crippen LogP contribution in [-0.2, 0) is 10.2 Å². The molecule has 3 N–H and O–H groups in total. The Morgan fingerprint density at radius 2 is 2.05 bits per heavy atom. The molecule has 0 radical (unpaired) electrons. The van der Waals surface area contributed by atoms with Gasteiger partial charge in [0.05, 0.1) is 5.69 Å². The molecule has 1 aromatic heterocycles. The first kappa shape index (κ1) is 15.4. The minimum atomic E-state index is -0.313. The summed E-state index contributed by atoms with van der Waals surface area (Å²) < 4.78 is 0. The summed E-state index contributed by atoms with van der Waals surface area (Å²) in [6, 6.07) is 0. The Morgan fingerprint density at radius 3 is 2.60 bits per heavy atom. The van der Waals surface area contributed by atoms with Crippen LogP contribution >= 0.6 is 11.3 Å². The minimum Gasteiger partial charge on any atom is -0.325 e. The lowest BCUT2D eigenvalue weighted by Gasteiger charge is -2.32. The van der Waals surface area contributed by atoms with E-state index in [0.717, 1.165) is 31.4 Å². The molecule has 0 spiro atoms. The van der Waals surface area contributed by atoms with Crippen molar-refractivity contribution in [1.29, 1.82) is 0 Å². The number of thiazole rings is 1. The van der Waals surface area contributed by atoms with E-state index in [4.69, 9.17) is 5.73 Å². The highest BCUT2D eigenvalue weighted by atomic mass is 32.1. The van der Waals surface area contributed by atoms with Crippen LogP contribution in [0.5, 0.6) is 0 Å². The highest BCUT2D eigenvalue weighted by Gasteiger charge is 2.30. The van der Waals surface area contributed by atoms with Crippen molar-refractivity contribution in [3.8, 4) is 0 Å². The largest absolute Gasteiger partial charge is 0.325 e. The van der Waals surface area contributed by atoms with E-state index in [1.54, 1.807) is 0 Å². The van der Waals surface area contributed by atoms with Crippen LogP contribution < -0.4 is 11.1 Å². The smallest absolute Gasteiger partial charge is 0.228 e. The Morgan fingerprint density at radius 1 is 1.40 bits per heavy atom. The second-order valence-corrected chi connectivity index (χ2v) is 7.79. The van der Waals surface area contributed by atoms with E-state index >= 15 is 0 Å². The van der Waals surface area contributed by atoms with Crippen LogP contribution in [0.2, 0.25) is 0 Å². The highest BCUT2D eigenvalue weighted by Crippen LogP contribution is 2.30. The van der Waals surface area contributed by atoms with Crippen molar-refractivity contribution in [1.82, 2.24) is 4.98 Å². The van der Waals surface area contributed by atoms with E-state index < -0.39 is 0 Å². The second-order valence-electron chi connectivity index (χ2n) is 6.94. The number of carbonyl (C=O) groups excluding carboxylic acids is 1. The van der Waals surface area contributed by atoms with Gasteiger partial charge in [0.1, 0.15) is 0 Å². The van der Waals surface area contributed by atoms with Gasteiger partial charge in [0, 0.05) is 22.8 Å². The zero-order valence-electron chi connectivity index (χ0n) is 12.7. The van der Waals surface area contributed by atoms with Crippen molar-refractivity contribution in [3.63, 3.8) is 0 Å². The summed E-state index contributed by atoms with van der Waals surface area (Å²) in [5, 5.41) is 5.58. The van der Waals surface area contributed by atoms with E-state index in [-0.39, 0.29) is 16.9 Å². The lowest BCUT2D eigenvalue weighted by molar-refractivity contribution is -0.117. The summed E-state index contributed by atoms with van der Waals surface area (Å²) in [5.74, 6) is -0.00999. The van der Waals surface area contributed by atoms with Crippen molar-refractivity contribution in [3.05, 3.63) is 11.1 Å². The molecular formula is C15H25N3OS. The molecule has 1 fully saturated rings. The monoisotopic (exact) mass is 295 g/mol. The van der Waals surface area contributed by atoms with Gasteiger partial charge in [-0.2, -0.15) is 0 Å². The molecule has 1 aromatic rings. The maximum atomic E-state index is 12.1. The molecule has 0 atom stereocenters. The molecule has 0 saturated heterocycles. The van der Waals surface area contributed by atoms with E-state index in [1.807, 2.05) is 5.38 Å². The van der Waals surface area contributed by atoms with Gasteiger partial charge in [-0.1, -0.05) is 40.0 Å². The van der Waals surface area contributed by atoms with Gasteiger partial charge >= 0.3 is 0 Å². The number of aromatic nitrogens is 1. The third-order valence-corrected chi connectivity index (χ3v) is 4.64. The number of nitrogens with zero attached hydrogens (tertiary/aromatic N) is 1. The zero-order chi connectivity index (χ0) is 14.8. The average Bonchev–Trinajstić information content (AvgIpc) is 2.77. The summed E-state index contributed by atoms with van der Waals surface area (Å²) in [6.45, 7) is 6.35. The highest BCUT2D eigenvalue weighted by molar-refractivity contribution is 7.13. The Kier molecular flexibility index (Phi) is 4.49. The van der Waals surface area contributed by atoms with Crippen molar-refractivity contribution < 1.29 is 4.79 Å². The molecule has 4 nitrogen and oxygen atoms in total. The van der Waals surface area contributed by atoms with Crippen molar-refractivity contribution in [2.45, 2.75) is 70.3 Å². The van der Waals surface area contributed by atoms with Gasteiger partial charge < -0.3 is 11.1 Å². The average molecular weight is 295 g/mol. The number of nitrogens with one attached hydrogen (secondary N) is 1. The van der Waals surface area contributed by atoms with E-state index in [9.17, 15) is 4.79 Å². The SMILES string of the molecule is CC(C)(C)c1csc(NC(=O)CC2(N)CCCCC2)n1. The molecule has 1 saturated carbocycles. The van der Waals surface area contributed by atoms with Gasteiger partial charge in [-0.25, -0.2) is 4.98 Å². The molecule has 20 heavy (non-hydrogen) atoms. The molecule has 1 amide bonds. The number of hydrogen-bond donors (Lipinski definition) is 2. The lowest BCUT2D eigenvalue weighted by atomic mass is 9.80. The molecule has 0 bridgehead atoms. The Bertz CT molecular complexity index is 470. The quantitative estimate of drug-likeness (QED) is 0.897. The van der Waals surface area contributed by atoms with Crippen LogP contribution in [0.25, 0.3) is 0 Å². The number of anilines is 1. The van der Waals surface area contributed by atoms with Crippen LogP contribution in [-0.4, -0.2) is 16.4 Å². The summed E-state index contributed by atoms with van der Waals surface area (Å²) in [7, 11) is 0. The maximum Gasteiger partial charge on any atom is 0.228 e. The molecule has 1 aliphatic rings. The molecule has 2 rings (SSSR count). The number of nitrogens with two attached hydrogens (primary N) is 1. The summed E-state index contributed by atoms with van der Waals surface area (Å²) >= 11 is 1.48. The van der Waals surface area contributed by atoms with Crippen LogP contribution in [0.3, 0.4) is 0 Å². The Labute approximate surface area is 125 Å². The normalized spacial score (nSPS) is 18.8. The molecule has 5 heteroatoms. The first-order chi connectivity index (χ1) is 9.28. The molecule has 0 aromatic carbocycles. The molecule has 112 valence electrons. The summed E-state index contributed by atoms with van der Waals surface area (Å²) in [6.07, 6.45) is 5.81. The van der Waals surface area contributed by atoms with Crippen molar-refractivity contribution in [2.75, 3.05) is 5.32 Å². The van der Waals surface area contributed by atoms with E-state index in [2.05, 4.69) is 31.1 Å². The Balaban J connectivity index is 1.93. The van der Waals surface area contributed by atoms with Crippen LogP contribution in [0, 0.1) is 0 Å². The summed E-state index contributed by atoms with van der Waals surface area (Å²) in [4.78, 5) is 16.6. The number of rotatable bonds is 3. The molecule has 0 aliphatic heterocycles. The second kappa shape index (κ2) is 5.82. The van der Waals surface area contributed by atoms with E-state index in [0.29, 0.717) is 11.6 Å². The third kappa shape index (κ3) is 4.03. The van der Waals surface area contributed by atoms with Gasteiger partial charge in [-0.15, -0.1) is 11.3 Å². The first-order valence-corrected chi connectivity index (χ1v) is 8.21. The fourth-order valence-electron chi connectivity index (χ4n) is 2.59.